The zero-order valence-corrected chi connectivity index (χ0v) is 15.9. The maximum atomic E-state index is 12.3. The third-order valence-corrected chi connectivity index (χ3v) is 5.72. The minimum absolute atomic E-state index is 0.157. The summed E-state index contributed by atoms with van der Waals surface area (Å²) in [5.74, 6) is 0.578. The quantitative estimate of drug-likeness (QED) is 0.611. The van der Waals surface area contributed by atoms with E-state index in [-0.39, 0.29) is 17.4 Å². The second kappa shape index (κ2) is 8.45. The minimum Gasteiger partial charge on any atom is -0.266 e. The van der Waals surface area contributed by atoms with Crippen LogP contribution in [-0.4, -0.2) is 15.0 Å². The highest BCUT2D eigenvalue weighted by Gasteiger charge is 2.20. The van der Waals surface area contributed by atoms with Gasteiger partial charge in [-0.2, -0.15) is 8.42 Å². The lowest BCUT2D eigenvalue weighted by atomic mass is 9.83. The fourth-order valence-electron chi connectivity index (χ4n) is 2.94. The van der Waals surface area contributed by atoms with Crippen LogP contribution in [-0.2, 0) is 14.3 Å². The van der Waals surface area contributed by atoms with Crippen molar-refractivity contribution in [2.75, 3.05) is 6.61 Å². The maximum Gasteiger partial charge on any atom is 0.296 e. The number of hydrogen-bond donors (Lipinski definition) is 0. The molecule has 0 aliphatic rings. The van der Waals surface area contributed by atoms with Crippen molar-refractivity contribution >= 4 is 16.2 Å². The highest BCUT2D eigenvalue weighted by atomic mass is 32.2. The highest BCUT2D eigenvalue weighted by molar-refractivity contribution is 7.86. The van der Waals surface area contributed by atoms with E-state index in [4.69, 9.17) is 4.18 Å². The molecule has 0 aliphatic carbocycles. The molecule has 4 heteroatoms. The van der Waals surface area contributed by atoms with Crippen molar-refractivity contribution in [3.05, 3.63) is 71.8 Å². The second-order valence-electron chi connectivity index (χ2n) is 6.56. The summed E-state index contributed by atoms with van der Waals surface area (Å²) >= 11 is 0. The molecule has 1 unspecified atom stereocenters. The molecule has 0 saturated heterocycles. The van der Waals surface area contributed by atoms with Gasteiger partial charge in [-0.05, 0) is 48.4 Å². The molecule has 0 amide bonds. The zero-order valence-electron chi connectivity index (χ0n) is 15.1. The molecule has 0 bridgehead atoms. The third kappa shape index (κ3) is 5.03. The van der Waals surface area contributed by atoms with Crippen LogP contribution in [0, 0.1) is 12.8 Å². The van der Waals surface area contributed by atoms with Crippen molar-refractivity contribution in [2.24, 2.45) is 5.92 Å². The molecule has 0 heterocycles. The first-order valence-electron chi connectivity index (χ1n) is 8.52. The topological polar surface area (TPSA) is 43.4 Å². The highest BCUT2D eigenvalue weighted by Crippen LogP contribution is 2.31. The lowest BCUT2D eigenvalue weighted by Crippen LogP contribution is -2.14. The van der Waals surface area contributed by atoms with E-state index < -0.39 is 10.1 Å². The van der Waals surface area contributed by atoms with Gasteiger partial charge in [-0.1, -0.05) is 68.5 Å². The summed E-state index contributed by atoms with van der Waals surface area (Å²) in [7, 11) is -3.72. The molecule has 1 atom stereocenters. The number of benzene rings is 2. The number of aryl methyl sites for hydroxylation is 1. The molecule has 0 aliphatic heterocycles. The van der Waals surface area contributed by atoms with Crippen LogP contribution in [0.2, 0.25) is 0 Å². The Bertz CT molecular complexity index is 805. The van der Waals surface area contributed by atoms with Gasteiger partial charge in [-0.15, -0.1) is 0 Å². The van der Waals surface area contributed by atoms with Crippen LogP contribution in [0.1, 0.15) is 42.9 Å². The van der Waals surface area contributed by atoms with Crippen molar-refractivity contribution in [2.45, 2.75) is 38.0 Å². The monoisotopic (exact) mass is 358 g/mol. The number of hydrogen-bond acceptors (Lipinski definition) is 3. The summed E-state index contributed by atoms with van der Waals surface area (Å²) in [5, 5.41) is 0. The van der Waals surface area contributed by atoms with Gasteiger partial charge < -0.3 is 0 Å². The van der Waals surface area contributed by atoms with Crippen molar-refractivity contribution in [3.8, 4) is 0 Å². The first-order valence-corrected chi connectivity index (χ1v) is 9.93. The van der Waals surface area contributed by atoms with Gasteiger partial charge in [-0.25, -0.2) is 0 Å². The molecule has 0 N–H and O–H groups in total. The van der Waals surface area contributed by atoms with E-state index in [0.717, 1.165) is 11.1 Å². The summed E-state index contributed by atoms with van der Waals surface area (Å²) in [5.41, 5.74) is 3.28. The Morgan fingerprint density at radius 2 is 1.72 bits per heavy atom. The van der Waals surface area contributed by atoms with E-state index in [1.807, 2.05) is 31.2 Å². The van der Waals surface area contributed by atoms with Crippen molar-refractivity contribution in [1.29, 1.82) is 0 Å². The van der Waals surface area contributed by atoms with Crippen LogP contribution in [0.15, 0.2) is 60.0 Å². The Balaban J connectivity index is 2.09. The predicted molar refractivity (Wildman–Crippen MR) is 103 cm³/mol. The molecule has 2 aromatic rings. The van der Waals surface area contributed by atoms with Crippen molar-refractivity contribution in [1.82, 2.24) is 0 Å². The average molecular weight is 359 g/mol. The molecular formula is C21H26O3S. The standard InChI is InChI=1S/C21H26O3S/c1-5-18-8-6-7-9-21(18)20(16(2)3)14-15-24-25(22,23)19-12-10-17(4)11-13-19/h5-13,16,20H,1,14-15H2,2-4H3. The maximum absolute atomic E-state index is 12.3. The lowest BCUT2D eigenvalue weighted by molar-refractivity contribution is 0.285. The molecule has 0 radical (unpaired) electrons. The first kappa shape index (κ1) is 19.4. The van der Waals surface area contributed by atoms with Crippen molar-refractivity contribution in [3.63, 3.8) is 0 Å². The Hall–Kier alpha value is -1.91. The molecule has 0 saturated carbocycles. The fourth-order valence-corrected chi connectivity index (χ4v) is 3.86. The van der Waals surface area contributed by atoms with Gasteiger partial charge in [0.05, 0.1) is 11.5 Å². The van der Waals surface area contributed by atoms with Gasteiger partial charge in [0.15, 0.2) is 0 Å². The molecule has 0 fully saturated rings. The van der Waals surface area contributed by atoms with Gasteiger partial charge in [-0.3, -0.25) is 4.18 Å². The summed E-state index contributed by atoms with van der Waals surface area (Å²) < 4.78 is 29.9. The molecule has 0 spiro atoms. The van der Waals surface area contributed by atoms with E-state index in [9.17, 15) is 8.42 Å². The Labute approximate surface area is 151 Å². The van der Waals surface area contributed by atoms with Gasteiger partial charge in [0, 0.05) is 0 Å². The van der Waals surface area contributed by atoms with Gasteiger partial charge in [0.25, 0.3) is 10.1 Å². The van der Waals surface area contributed by atoms with Crippen molar-refractivity contribution < 1.29 is 12.6 Å². The smallest absolute Gasteiger partial charge is 0.266 e. The van der Waals surface area contributed by atoms with Crippen LogP contribution in [0.3, 0.4) is 0 Å². The largest absolute Gasteiger partial charge is 0.296 e. The summed E-state index contributed by atoms with van der Waals surface area (Å²) in [4.78, 5) is 0.200. The molecule has 2 aromatic carbocycles. The molecular weight excluding hydrogens is 332 g/mol. The molecule has 3 nitrogen and oxygen atoms in total. The fraction of sp³-hybridized carbons (Fsp3) is 0.333. The summed E-state index contributed by atoms with van der Waals surface area (Å²) in [6.45, 7) is 10.2. The SMILES string of the molecule is C=Cc1ccccc1C(CCOS(=O)(=O)c1ccc(C)cc1)C(C)C. The van der Waals surface area contributed by atoms with Crippen LogP contribution in [0.25, 0.3) is 6.08 Å². The van der Waals surface area contributed by atoms with Crippen LogP contribution in [0.4, 0.5) is 0 Å². The number of rotatable bonds is 8. The Morgan fingerprint density at radius 3 is 2.32 bits per heavy atom. The van der Waals surface area contributed by atoms with E-state index >= 15 is 0 Å². The summed E-state index contributed by atoms with van der Waals surface area (Å²) in [6.07, 6.45) is 2.47. The molecule has 0 aromatic heterocycles. The molecule has 134 valence electrons. The predicted octanol–water partition coefficient (Wildman–Crippen LogP) is 5.17. The first-order chi connectivity index (χ1) is 11.8. The minimum atomic E-state index is -3.72. The normalized spacial score (nSPS) is 13.0. The third-order valence-electron chi connectivity index (χ3n) is 4.40. The van der Waals surface area contributed by atoms with Gasteiger partial charge in [0.1, 0.15) is 0 Å². The van der Waals surface area contributed by atoms with E-state index in [1.165, 1.54) is 5.56 Å². The second-order valence-corrected chi connectivity index (χ2v) is 8.18. The van der Waals surface area contributed by atoms with Crippen LogP contribution in [0.5, 0.6) is 0 Å². The van der Waals surface area contributed by atoms with Gasteiger partial charge in [0.2, 0.25) is 0 Å². The van der Waals surface area contributed by atoms with Crippen LogP contribution >= 0.6 is 0 Å². The average Bonchev–Trinajstić information content (AvgIpc) is 2.59. The Morgan fingerprint density at radius 1 is 1.08 bits per heavy atom. The molecule has 2 rings (SSSR count). The van der Waals surface area contributed by atoms with E-state index in [0.29, 0.717) is 12.3 Å². The lowest BCUT2D eigenvalue weighted by Gasteiger charge is -2.23. The Kier molecular flexibility index (Phi) is 6.57. The summed E-state index contributed by atoms with van der Waals surface area (Å²) in [6, 6.07) is 14.8. The van der Waals surface area contributed by atoms with E-state index in [1.54, 1.807) is 24.3 Å². The molecule has 25 heavy (non-hydrogen) atoms. The van der Waals surface area contributed by atoms with Gasteiger partial charge >= 0.3 is 0 Å². The zero-order chi connectivity index (χ0) is 18.4. The van der Waals surface area contributed by atoms with E-state index in [2.05, 4.69) is 26.5 Å². The van der Waals surface area contributed by atoms with Crippen LogP contribution < -0.4 is 0 Å².